The maximum atomic E-state index is 12.2. The molecule has 0 atom stereocenters. The lowest BCUT2D eigenvalue weighted by molar-refractivity contribution is -0.696. The molecule has 114 valence electrons. The highest BCUT2D eigenvalue weighted by Gasteiger charge is 2.10. The second-order valence-corrected chi connectivity index (χ2v) is 4.82. The van der Waals surface area contributed by atoms with Gasteiger partial charge >= 0.3 is 0 Å². The van der Waals surface area contributed by atoms with Crippen LogP contribution >= 0.6 is 12.4 Å². The molecule has 0 unspecified atom stereocenters. The Labute approximate surface area is 138 Å². The van der Waals surface area contributed by atoms with Gasteiger partial charge in [0, 0.05) is 23.3 Å². The van der Waals surface area contributed by atoms with E-state index in [9.17, 15) is 4.79 Å². The summed E-state index contributed by atoms with van der Waals surface area (Å²) in [6.07, 6.45) is 3.92. The fourth-order valence-electron chi connectivity index (χ4n) is 1.83. The number of halogens is 2. The van der Waals surface area contributed by atoms with Crippen molar-refractivity contribution < 1.29 is 21.8 Å². The first kappa shape index (κ1) is 19.6. The summed E-state index contributed by atoms with van der Waals surface area (Å²) in [5.41, 5.74) is 1.46. The van der Waals surface area contributed by atoms with Gasteiger partial charge in [-0.2, -0.15) is 0 Å². The summed E-state index contributed by atoms with van der Waals surface area (Å²) in [4.78, 5) is 14.3. The van der Waals surface area contributed by atoms with Crippen molar-refractivity contribution in [2.24, 2.45) is 0 Å². The number of likely N-dealkylation sites (N-methyl/N-ethyl adjacent to an activating group) is 1. The van der Waals surface area contributed by atoms with Gasteiger partial charge in [-0.3, -0.25) is 4.79 Å². The summed E-state index contributed by atoms with van der Waals surface area (Å²) in [7, 11) is 4.10. The fraction of sp³-hybridized carbons (Fsp3) is 0.250. The molecule has 0 bridgehead atoms. The number of hydrogen-bond acceptors (Lipinski definition) is 2. The highest BCUT2D eigenvalue weighted by atomic mass is 35.5. The van der Waals surface area contributed by atoms with Crippen molar-refractivity contribution in [3.05, 3.63) is 66.0 Å². The summed E-state index contributed by atoms with van der Waals surface area (Å²) < 4.78 is 2.09. The van der Waals surface area contributed by atoms with E-state index < -0.39 is 0 Å². The Morgan fingerprint density at radius 3 is 2.05 bits per heavy atom. The van der Waals surface area contributed by atoms with Crippen molar-refractivity contribution in [3.8, 4) is 0 Å². The van der Waals surface area contributed by atoms with E-state index in [1.54, 1.807) is 0 Å². The Kier molecular flexibility index (Phi) is 8.86. The first-order valence-corrected chi connectivity index (χ1v) is 6.40. The van der Waals surface area contributed by atoms with Crippen LogP contribution in [0.25, 0.3) is 0 Å². The highest BCUT2D eigenvalue weighted by molar-refractivity contribution is 6.08. The number of carbonyl (C=O) groups excluding carboxylic acids is 1. The summed E-state index contributed by atoms with van der Waals surface area (Å²) >= 11 is 0. The molecule has 0 aliphatic carbocycles. The highest BCUT2D eigenvalue weighted by Crippen LogP contribution is 2.07. The average Bonchev–Trinajstić information content (AvgIpc) is 2.46. The zero-order valence-corrected chi connectivity index (χ0v) is 13.8. The van der Waals surface area contributed by atoms with Crippen LogP contribution in [0.5, 0.6) is 0 Å². The summed E-state index contributed by atoms with van der Waals surface area (Å²) in [5, 5.41) is 0. The molecule has 0 aliphatic rings. The van der Waals surface area contributed by atoms with E-state index in [1.165, 1.54) is 0 Å². The molecule has 21 heavy (non-hydrogen) atoms. The van der Waals surface area contributed by atoms with Gasteiger partial charge in [-0.1, -0.05) is 30.3 Å². The first-order chi connectivity index (χ1) is 9.16. The van der Waals surface area contributed by atoms with Crippen LogP contribution in [0.3, 0.4) is 0 Å². The van der Waals surface area contributed by atoms with Gasteiger partial charge in [0.1, 0.15) is 0 Å². The van der Waals surface area contributed by atoms with E-state index in [-0.39, 0.29) is 30.6 Å². The summed E-state index contributed by atoms with van der Waals surface area (Å²) in [6.45, 7) is 1.91. The van der Waals surface area contributed by atoms with Gasteiger partial charge in [-0.25, -0.2) is 4.57 Å². The molecule has 0 fully saturated rings. The first-order valence-electron chi connectivity index (χ1n) is 6.40. The molecule has 1 aromatic heterocycles. The Morgan fingerprint density at radius 1 is 1.00 bits per heavy atom. The molecule has 0 aliphatic heterocycles. The average molecular weight is 327 g/mol. The second-order valence-electron chi connectivity index (χ2n) is 4.82. The van der Waals surface area contributed by atoms with Crippen LogP contribution in [-0.2, 0) is 6.54 Å². The van der Waals surface area contributed by atoms with E-state index in [0.29, 0.717) is 0 Å². The smallest absolute Gasteiger partial charge is 0.193 e. The quantitative estimate of drug-likeness (QED) is 0.530. The number of nitrogens with zero attached hydrogens (tertiary/aromatic N) is 2. The number of pyridine rings is 1. The second kappa shape index (κ2) is 9.50. The monoisotopic (exact) mass is 326 g/mol. The lowest BCUT2D eigenvalue weighted by Crippen LogP contribution is -3.00. The molecule has 1 aromatic carbocycles. The normalized spacial score (nSPS) is 9.67. The van der Waals surface area contributed by atoms with Gasteiger partial charge in [0.2, 0.25) is 0 Å². The van der Waals surface area contributed by atoms with Crippen molar-refractivity contribution in [3.63, 3.8) is 0 Å². The number of ketones is 1. The van der Waals surface area contributed by atoms with Crippen LogP contribution < -0.4 is 17.0 Å². The molecule has 3 nitrogen and oxygen atoms in total. The lowest BCUT2D eigenvalue weighted by Gasteiger charge is -2.06. The number of carbonyl (C=O) groups is 1. The van der Waals surface area contributed by atoms with E-state index in [0.717, 1.165) is 24.2 Å². The van der Waals surface area contributed by atoms with Crippen molar-refractivity contribution >= 4 is 18.2 Å². The molecule has 0 amide bonds. The molecular formula is C16H20Cl2N2O. The van der Waals surface area contributed by atoms with Crippen LogP contribution in [0.1, 0.15) is 15.9 Å². The number of aromatic nitrogens is 1. The predicted octanol–water partition coefficient (Wildman–Crippen LogP) is -0.807. The van der Waals surface area contributed by atoms with Crippen molar-refractivity contribution in [1.82, 2.24) is 4.90 Å². The molecule has 1 heterocycles. The zero-order valence-electron chi connectivity index (χ0n) is 12.2. The van der Waals surface area contributed by atoms with Gasteiger partial charge in [0.25, 0.3) is 0 Å². The summed E-state index contributed by atoms with van der Waals surface area (Å²) in [6, 6.07) is 13.1. The third-order valence-electron chi connectivity index (χ3n) is 2.99. The molecular weight excluding hydrogens is 307 g/mol. The zero-order chi connectivity index (χ0) is 13.7. The van der Waals surface area contributed by atoms with Crippen LogP contribution in [0.2, 0.25) is 0 Å². The Morgan fingerprint density at radius 2 is 1.52 bits per heavy atom. The van der Waals surface area contributed by atoms with Crippen LogP contribution in [0.4, 0.5) is 0 Å². The van der Waals surface area contributed by atoms with Crippen LogP contribution in [-0.4, -0.2) is 31.3 Å². The van der Waals surface area contributed by atoms with Crippen LogP contribution in [0, 0.1) is 0 Å². The predicted molar refractivity (Wildman–Crippen MR) is 82.3 cm³/mol. The topological polar surface area (TPSA) is 24.2 Å². The Hall–Kier alpha value is -1.42. The van der Waals surface area contributed by atoms with Crippen LogP contribution in [0.15, 0.2) is 54.9 Å². The minimum Gasteiger partial charge on any atom is -1.00 e. The van der Waals surface area contributed by atoms with E-state index >= 15 is 0 Å². The van der Waals surface area contributed by atoms with Crippen molar-refractivity contribution in [1.29, 1.82) is 0 Å². The van der Waals surface area contributed by atoms with Crippen molar-refractivity contribution in [2.75, 3.05) is 20.6 Å². The fourth-order valence-corrected chi connectivity index (χ4v) is 1.83. The molecule has 0 spiro atoms. The Balaban J connectivity index is 0.00000200. The maximum Gasteiger partial charge on any atom is 0.193 e. The van der Waals surface area contributed by atoms with Gasteiger partial charge < -0.3 is 17.3 Å². The van der Waals surface area contributed by atoms with Crippen molar-refractivity contribution in [2.45, 2.75) is 6.54 Å². The molecule has 0 saturated carbocycles. The maximum absolute atomic E-state index is 12.2. The minimum atomic E-state index is 0. The molecule has 2 aromatic rings. The van der Waals surface area contributed by atoms with E-state index in [4.69, 9.17) is 0 Å². The third kappa shape index (κ3) is 5.84. The summed E-state index contributed by atoms with van der Waals surface area (Å²) in [5.74, 6) is 0.0698. The molecule has 2 rings (SSSR count). The number of hydrogen-bond donors (Lipinski definition) is 0. The molecule has 0 saturated heterocycles. The van der Waals surface area contributed by atoms with Gasteiger partial charge in [0.05, 0.1) is 6.54 Å². The van der Waals surface area contributed by atoms with Gasteiger partial charge in [0.15, 0.2) is 24.7 Å². The SMILES string of the molecule is CN(C)CC[n+]1ccc(C(=O)c2ccccc2)cc1.Cl.[Cl-]. The largest absolute Gasteiger partial charge is 1.00 e. The van der Waals surface area contributed by atoms with Gasteiger partial charge in [-0.05, 0) is 14.1 Å². The number of rotatable bonds is 5. The third-order valence-corrected chi connectivity index (χ3v) is 2.99. The molecule has 5 heteroatoms. The van der Waals surface area contributed by atoms with Gasteiger partial charge in [-0.15, -0.1) is 12.4 Å². The molecule has 0 radical (unpaired) electrons. The standard InChI is InChI=1S/C16H19N2O.2ClH/c1-17(2)12-13-18-10-8-15(9-11-18)16(19)14-6-4-3-5-7-14;;/h3-11H,12-13H2,1-2H3;2*1H/q+1;;/p-1. The van der Waals surface area contributed by atoms with E-state index in [2.05, 4.69) is 9.47 Å². The number of benzene rings is 1. The lowest BCUT2D eigenvalue weighted by atomic mass is 10.0. The Bertz CT molecular complexity index is 542. The minimum absolute atomic E-state index is 0. The molecule has 0 N–H and O–H groups in total. The van der Waals surface area contributed by atoms with E-state index in [1.807, 2.05) is 69.0 Å².